The van der Waals surface area contributed by atoms with Crippen LogP contribution in [0.4, 0.5) is 16.2 Å². The minimum Gasteiger partial charge on any atom is -0.341 e. The summed E-state index contributed by atoms with van der Waals surface area (Å²) in [6, 6.07) is 16.0. The van der Waals surface area contributed by atoms with Gasteiger partial charge >= 0.3 is 6.03 Å². The monoisotopic (exact) mass is 320 g/mol. The number of anilines is 2. The average Bonchev–Trinajstić information content (AvgIpc) is 2.61. The summed E-state index contributed by atoms with van der Waals surface area (Å²) in [5.41, 5.74) is 1.51. The standard InChI is InChI=1S/C18H16N4O2/c1-19-18(24)22-14-7-4-6-13(11-14)21-17(23)16-15-8-3-2-5-12(15)9-10-20-16/h2-11H,1H3,(H,21,23)(H2,19,22,24). The Morgan fingerprint density at radius 3 is 2.46 bits per heavy atom. The number of nitrogens with zero attached hydrogens (tertiary/aromatic N) is 1. The van der Waals surface area contributed by atoms with Gasteiger partial charge in [0, 0.05) is 30.0 Å². The molecule has 2 aromatic carbocycles. The highest BCUT2D eigenvalue weighted by Gasteiger charge is 2.12. The van der Waals surface area contributed by atoms with Crippen LogP contribution in [0.25, 0.3) is 10.8 Å². The molecule has 3 N–H and O–H groups in total. The molecule has 0 fully saturated rings. The minimum atomic E-state index is -0.325. The maximum absolute atomic E-state index is 12.5. The molecule has 1 heterocycles. The van der Waals surface area contributed by atoms with Gasteiger partial charge in [-0.25, -0.2) is 4.79 Å². The number of fused-ring (bicyclic) bond motifs is 1. The lowest BCUT2D eigenvalue weighted by Gasteiger charge is -2.09. The first kappa shape index (κ1) is 15.5. The highest BCUT2D eigenvalue weighted by Crippen LogP contribution is 2.19. The molecule has 0 aliphatic heterocycles. The van der Waals surface area contributed by atoms with Crippen molar-refractivity contribution in [3.05, 3.63) is 66.5 Å². The van der Waals surface area contributed by atoms with Gasteiger partial charge in [0.05, 0.1) is 0 Å². The molecular weight excluding hydrogens is 304 g/mol. The Morgan fingerprint density at radius 2 is 1.67 bits per heavy atom. The van der Waals surface area contributed by atoms with Gasteiger partial charge in [-0.1, -0.05) is 30.3 Å². The summed E-state index contributed by atoms with van der Waals surface area (Å²) in [5.74, 6) is -0.302. The van der Waals surface area contributed by atoms with Crippen LogP contribution in [-0.4, -0.2) is 24.0 Å². The molecule has 0 aliphatic carbocycles. The van der Waals surface area contributed by atoms with E-state index in [0.29, 0.717) is 17.1 Å². The van der Waals surface area contributed by atoms with Gasteiger partial charge in [-0.15, -0.1) is 0 Å². The number of hydrogen-bond donors (Lipinski definition) is 3. The molecule has 6 heteroatoms. The number of benzene rings is 2. The Hall–Kier alpha value is -3.41. The molecule has 0 radical (unpaired) electrons. The molecule has 0 spiro atoms. The van der Waals surface area contributed by atoms with E-state index in [9.17, 15) is 9.59 Å². The Bertz CT molecular complexity index is 903. The van der Waals surface area contributed by atoms with E-state index >= 15 is 0 Å². The predicted octanol–water partition coefficient (Wildman–Crippen LogP) is 3.24. The summed E-state index contributed by atoms with van der Waals surface area (Å²) in [6.45, 7) is 0. The largest absolute Gasteiger partial charge is 0.341 e. The van der Waals surface area contributed by atoms with Gasteiger partial charge in [0.15, 0.2) is 0 Å². The summed E-state index contributed by atoms with van der Waals surface area (Å²) >= 11 is 0. The Kier molecular flexibility index (Phi) is 4.38. The number of carbonyl (C=O) groups is 2. The highest BCUT2D eigenvalue weighted by molar-refractivity contribution is 6.11. The summed E-state index contributed by atoms with van der Waals surface area (Å²) < 4.78 is 0. The van der Waals surface area contributed by atoms with Crippen molar-refractivity contribution in [3.63, 3.8) is 0 Å². The van der Waals surface area contributed by atoms with Gasteiger partial charge in [-0.2, -0.15) is 0 Å². The van der Waals surface area contributed by atoms with Gasteiger partial charge in [-0.05, 0) is 29.7 Å². The van der Waals surface area contributed by atoms with E-state index in [1.807, 2.05) is 30.3 Å². The third-order valence-corrected chi connectivity index (χ3v) is 3.49. The predicted molar refractivity (Wildman–Crippen MR) is 94.2 cm³/mol. The molecule has 6 nitrogen and oxygen atoms in total. The van der Waals surface area contributed by atoms with Crippen LogP contribution in [0.1, 0.15) is 10.5 Å². The SMILES string of the molecule is CNC(=O)Nc1cccc(NC(=O)c2nccc3ccccc23)c1. The van der Waals surface area contributed by atoms with Crippen LogP contribution in [0.2, 0.25) is 0 Å². The second-order valence-corrected chi connectivity index (χ2v) is 5.12. The van der Waals surface area contributed by atoms with Crippen molar-refractivity contribution in [2.75, 3.05) is 17.7 Å². The zero-order valence-corrected chi connectivity index (χ0v) is 13.0. The van der Waals surface area contributed by atoms with Crippen molar-refractivity contribution < 1.29 is 9.59 Å². The average molecular weight is 320 g/mol. The van der Waals surface area contributed by atoms with E-state index in [0.717, 1.165) is 10.8 Å². The van der Waals surface area contributed by atoms with Crippen LogP contribution < -0.4 is 16.0 Å². The number of nitrogens with one attached hydrogen (secondary N) is 3. The van der Waals surface area contributed by atoms with E-state index in [1.165, 1.54) is 7.05 Å². The molecule has 0 aliphatic rings. The smallest absolute Gasteiger partial charge is 0.318 e. The van der Waals surface area contributed by atoms with E-state index in [1.54, 1.807) is 30.5 Å². The number of urea groups is 1. The Morgan fingerprint density at radius 1 is 0.917 bits per heavy atom. The lowest BCUT2D eigenvalue weighted by Crippen LogP contribution is -2.24. The normalized spacial score (nSPS) is 10.2. The molecular formula is C18H16N4O2. The lowest BCUT2D eigenvalue weighted by atomic mass is 10.1. The third kappa shape index (κ3) is 3.33. The van der Waals surface area contributed by atoms with Crippen molar-refractivity contribution >= 4 is 34.1 Å². The number of hydrogen-bond acceptors (Lipinski definition) is 3. The summed E-state index contributed by atoms with van der Waals surface area (Å²) in [4.78, 5) is 28.1. The van der Waals surface area contributed by atoms with Gasteiger partial charge in [-0.3, -0.25) is 9.78 Å². The van der Waals surface area contributed by atoms with Gasteiger partial charge in [0.25, 0.3) is 5.91 Å². The van der Waals surface area contributed by atoms with E-state index in [4.69, 9.17) is 0 Å². The molecule has 0 saturated carbocycles. The third-order valence-electron chi connectivity index (χ3n) is 3.49. The fourth-order valence-corrected chi connectivity index (χ4v) is 2.36. The maximum Gasteiger partial charge on any atom is 0.318 e. The first-order valence-corrected chi connectivity index (χ1v) is 7.41. The van der Waals surface area contributed by atoms with Crippen LogP contribution >= 0.6 is 0 Å². The number of aromatic nitrogens is 1. The number of rotatable bonds is 3. The summed E-state index contributed by atoms with van der Waals surface area (Å²) in [6.07, 6.45) is 1.61. The number of amides is 3. The molecule has 3 rings (SSSR count). The van der Waals surface area contributed by atoms with Crippen molar-refractivity contribution in [1.29, 1.82) is 0 Å². The van der Waals surface area contributed by atoms with Crippen molar-refractivity contribution in [2.45, 2.75) is 0 Å². The maximum atomic E-state index is 12.5. The summed E-state index contributed by atoms with van der Waals surface area (Å²) in [7, 11) is 1.53. The van der Waals surface area contributed by atoms with Crippen molar-refractivity contribution in [2.24, 2.45) is 0 Å². The van der Waals surface area contributed by atoms with Crippen molar-refractivity contribution in [1.82, 2.24) is 10.3 Å². The van der Waals surface area contributed by atoms with Gasteiger partial charge in [0.1, 0.15) is 5.69 Å². The fraction of sp³-hybridized carbons (Fsp3) is 0.0556. The highest BCUT2D eigenvalue weighted by atomic mass is 16.2. The molecule has 0 saturated heterocycles. The molecule has 1 aromatic heterocycles. The number of carbonyl (C=O) groups excluding carboxylic acids is 2. The van der Waals surface area contributed by atoms with Crippen LogP contribution in [0.3, 0.4) is 0 Å². The van der Waals surface area contributed by atoms with Crippen LogP contribution in [0.5, 0.6) is 0 Å². The molecule has 24 heavy (non-hydrogen) atoms. The first-order valence-electron chi connectivity index (χ1n) is 7.41. The topological polar surface area (TPSA) is 83.1 Å². The van der Waals surface area contributed by atoms with Gasteiger partial charge < -0.3 is 16.0 Å². The lowest BCUT2D eigenvalue weighted by molar-refractivity contribution is 0.102. The van der Waals surface area contributed by atoms with Gasteiger partial charge in [0.2, 0.25) is 0 Å². The van der Waals surface area contributed by atoms with Crippen molar-refractivity contribution in [3.8, 4) is 0 Å². The second-order valence-electron chi connectivity index (χ2n) is 5.12. The Labute approximate surface area is 138 Å². The molecule has 3 aromatic rings. The molecule has 120 valence electrons. The second kappa shape index (κ2) is 6.78. The minimum absolute atomic E-state index is 0.302. The molecule has 3 amide bonds. The molecule has 0 bridgehead atoms. The van der Waals surface area contributed by atoms with Crippen LogP contribution in [-0.2, 0) is 0 Å². The van der Waals surface area contributed by atoms with Crippen LogP contribution in [0, 0.1) is 0 Å². The molecule has 0 unspecified atom stereocenters. The Balaban J connectivity index is 1.84. The van der Waals surface area contributed by atoms with Crippen LogP contribution in [0.15, 0.2) is 60.8 Å². The zero-order chi connectivity index (χ0) is 16.9. The summed E-state index contributed by atoms with van der Waals surface area (Å²) in [5, 5.41) is 9.68. The quantitative estimate of drug-likeness (QED) is 0.693. The molecule has 0 atom stereocenters. The van der Waals surface area contributed by atoms with E-state index in [-0.39, 0.29) is 11.9 Å². The zero-order valence-electron chi connectivity index (χ0n) is 13.0. The van der Waals surface area contributed by atoms with E-state index in [2.05, 4.69) is 20.9 Å². The van der Waals surface area contributed by atoms with E-state index < -0.39 is 0 Å². The fourth-order valence-electron chi connectivity index (χ4n) is 2.36. The number of pyridine rings is 1. The first-order chi connectivity index (χ1) is 11.7.